The molecule has 7 heteroatoms. The fourth-order valence-electron chi connectivity index (χ4n) is 3.99. The maximum Gasteiger partial charge on any atom is 0.306 e. The molecule has 7 nitrogen and oxygen atoms in total. The molecule has 0 radical (unpaired) electrons. The van der Waals surface area contributed by atoms with Crippen molar-refractivity contribution in [1.82, 2.24) is 10.1 Å². The van der Waals surface area contributed by atoms with Crippen molar-refractivity contribution in [3.8, 4) is 11.6 Å². The number of esters is 1. The molecule has 2 fully saturated rings. The van der Waals surface area contributed by atoms with Crippen LogP contribution in [-0.2, 0) is 20.7 Å². The molecule has 1 aliphatic carbocycles. The van der Waals surface area contributed by atoms with Gasteiger partial charge in [0.05, 0.1) is 18.8 Å². The molecule has 0 N–H and O–H groups in total. The van der Waals surface area contributed by atoms with Crippen LogP contribution in [0.4, 0.5) is 0 Å². The molecular weight excluding hydrogens is 324 g/mol. The number of aryl methyl sites for hydroxylation is 1. The third-order valence-corrected chi connectivity index (χ3v) is 5.23. The summed E-state index contributed by atoms with van der Waals surface area (Å²) in [6.07, 6.45) is 4.32. The molecule has 3 unspecified atom stereocenters. The zero-order valence-electron chi connectivity index (χ0n) is 14.4. The molecule has 2 aromatic heterocycles. The van der Waals surface area contributed by atoms with E-state index in [2.05, 4.69) is 24.0 Å². The highest BCUT2D eigenvalue weighted by Crippen LogP contribution is 2.53. The van der Waals surface area contributed by atoms with Crippen molar-refractivity contribution in [2.75, 3.05) is 6.61 Å². The average Bonchev–Trinajstić information content (AvgIpc) is 3.29. The van der Waals surface area contributed by atoms with Crippen molar-refractivity contribution in [1.29, 1.82) is 0 Å². The van der Waals surface area contributed by atoms with Gasteiger partial charge in [-0.2, -0.15) is 4.98 Å². The van der Waals surface area contributed by atoms with E-state index in [4.69, 9.17) is 18.4 Å². The molecule has 3 heterocycles. The van der Waals surface area contributed by atoms with Gasteiger partial charge < -0.3 is 18.4 Å². The van der Waals surface area contributed by atoms with Crippen LogP contribution in [0, 0.1) is 11.3 Å². The SMILES string of the molecule is CC1(C)C2OCCCC2C1OC(=O)CCc1nc(-c2ccco2)no1. The summed E-state index contributed by atoms with van der Waals surface area (Å²) < 4.78 is 22.0. The summed E-state index contributed by atoms with van der Waals surface area (Å²) >= 11 is 0. The van der Waals surface area contributed by atoms with E-state index < -0.39 is 0 Å². The van der Waals surface area contributed by atoms with Gasteiger partial charge in [0.15, 0.2) is 5.76 Å². The van der Waals surface area contributed by atoms with Crippen molar-refractivity contribution in [2.45, 2.75) is 51.7 Å². The Labute approximate surface area is 145 Å². The zero-order chi connectivity index (χ0) is 17.4. The van der Waals surface area contributed by atoms with Crippen LogP contribution >= 0.6 is 0 Å². The van der Waals surface area contributed by atoms with Crippen LogP contribution in [-0.4, -0.2) is 34.9 Å². The zero-order valence-corrected chi connectivity index (χ0v) is 14.4. The first kappa shape index (κ1) is 16.3. The first-order valence-corrected chi connectivity index (χ1v) is 8.73. The molecular formula is C18H22N2O5. The van der Waals surface area contributed by atoms with Gasteiger partial charge in [0.2, 0.25) is 11.7 Å². The second-order valence-electron chi connectivity index (χ2n) is 7.32. The van der Waals surface area contributed by atoms with Crippen LogP contribution in [0.3, 0.4) is 0 Å². The van der Waals surface area contributed by atoms with E-state index in [9.17, 15) is 4.79 Å². The average molecular weight is 346 g/mol. The molecule has 0 amide bonds. The Morgan fingerprint density at radius 1 is 1.44 bits per heavy atom. The minimum absolute atomic E-state index is 0.0772. The summed E-state index contributed by atoms with van der Waals surface area (Å²) in [6.45, 7) is 5.01. The maximum atomic E-state index is 12.2. The van der Waals surface area contributed by atoms with Crippen LogP contribution in [0.15, 0.2) is 27.3 Å². The summed E-state index contributed by atoms with van der Waals surface area (Å²) in [5.74, 6) is 1.41. The first-order valence-electron chi connectivity index (χ1n) is 8.73. The lowest BCUT2D eigenvalue weighted by molar-refractivity contribution is -0.254. The number of ether oxygens (including phenoxy) is 2. The molecule has 3 atom stereocenters. The number of nitrogens with zero attached hydrogens (tertiary/aromatic N) is 2. The van der Waals surface area contributed by atoms with Crippen molar-refractivity contribution in [2.24, 2.45) is 11.3 Å². The van der Waals surface area contributed by atoms with Gasteiger partial charge >= 0.3 is 5.97 Å². The van der Waals surface area contributed by atoms with E-state index in [1.807, 2.05) is 0 Å². The highest BCUT2D eigenvalue weighted by molar-refractivity contribution is 5.70. The van der Waals surface area contributed by atoms with Gasteiger partial charge in [0, 0.05) is 24.4 Å². The van der Waals surface area contributed by atoms with Crippen LogP contribution in [0.5, 0.6) is 0 Å². The lowest BCUT2D eigenvalue weighted by Gasteiger charge is -2.58. The summed E-state index contributed by atoms with van der Waals surface area (Å²) in [6, 6.07) is 3.51. The topological polar surface area (TPSA) is 87.6 Å². The number of aromatic nitrogens is 2. The Hall–Kier alpha value is -2.15. The highest BCUT2D eigenvalue weighted by atomic mass is 16.6. The largest absolute Gasteiger partial charge is 0.461 e. The third-order valence-electron chi connectivity index (χ3n) is 5.23. The van der Waals surface area contributed by atoms with Crippen LogP contribution < -0.4 is 0 Å². The second kappa shape index (κ2) is 6.29. The van der Waals surface area contributed by atoms with Crippen molar-refractivity contribution in [3.63, 3.8) is 0 Å². The van der Waals surface area contributed by atoms with Crippen molar-refractivity contribution >= 4 is 5.97 Å². The second-order valence-corrected chi connectivity index (χ2v) is 7.32. The van der Waals surface area contributed by atoms with Gasteiger partial charge in [0.25, 0.3) is 0 Å². The third kappa shape index (κ3) is 2.97. The quantitative estimate of drug-likeness (QED) is 0.769. The van der Waals surface area contributed by atoms with Gasteiger partial charge in [-0.15, -0.1) is 0 Å². The highest BCUT2D eigenvalue weighted by Gasteiger charge is 2.60. The number of rotatable bonds is 5. The molecule has 1 aliphatic heterocycles. The molecule has 1 saturated carbocycles. The van der Waals surface area contributed by atoms with Gasteiger partial charge in [-0.1, -0.05) is 19.0 Å². The summed E-state index contributed by atoms with van der Waals surface area (Å²) in [5.41, 5.74) is -0.127. The van der Waals surface area contributed by atoms with Gasteiger partial charge in [0.1, 0.15) is 6.10 Å². The molecule has 0 spiro atoms. The number of hydrogen-bond donors (Lipinski definition) is 0. The minimum atomic E-state index is -0.236. The molecule has 0 bridgehead atoms. The smallest absolute Gasteiger partial charge is 0.306 e. The molecule has 0 aromatic carbocycles. The number of carbonyl (C=O) groups is 1. The first-order chi connectivity index (χ1) is 12.1. The Morgan fingerprint density at radius 3 is 3.12 bits per heavy atom. The minimum Gasteiger partial charge on any atom is -0.461 e. The normalized spacial score (nSPS) is 27.4. The Bertz CT molecular complexity index is 736. The fourth-order valence-corrected chi connectivity index (χ4v) is 3.99. The number of fused-ring (bicyclic) bond motifs is 1. The van der Waals surface area contributed by atoms with E-state index >= 15 is 0 Å². The van der Waals surface area contributed by atoms with Crippen LogP contribution in [0.25, 0.3) is 11.6 Å². The molecule has 2 aliphatic rings. The monoisotopic (exact) mass is 346 g/mol. The van der Waals surface area contributed by atoms with Gasteiger partial charge in [-0.3, -0.25) is 4.79 Å². The lowest BCUT2D eigenvalue weighted by atomic mass is 9.57. The fraction of sp³-hybridized carbons (Fsp3) is 0.611. The molecule has 25 heavy (non-hydrogen) atoms. The van der Waals surface area contributed by atoms with Crippen LogP contribution in [0.1, 0.15) is 39.0 Å². The number of furan rings is 1. The summed E-state index contributed by atoms with van der Waals surface area (Å²) in [7, 11) is 0. The van der Waals surface area contributed by atoms with Crippen molar-refractivity contribution in [3.05, 3.63) is 24.3 Å². The van der Waals surface area contributed by atoms with E-state index in [0.717, 1.165) is 19.4 Å². The number of carbonyl (C=O) groups excluding carboxylic acids is 1. The Balaban J connectivity index is 1.31. The van der Waals surface area contributed by atoms with E-state index in [1.54, 1.807) is 18.4 Å². The van der Waals surface area contributed by atoms with E-state index in [-0.39, 0.29) is 30.0 Å². The molecule has 1 saturated heterocycles. The summed E-state index contributed by atoms with van der Waals surface area (Å²) in [4.78, 5) is 16.5. The predicted molar refractivity (Wildman–Crippen MR) is 86.4 cm³/mol. The van der Waals surface area contributed by atoms with Crippen molar-refractivity contribution < 1.29 is 23.2 Å². The lowest BCUT2D eigenvalue weighted by Crippen LogP contribution is -2.65. The maximum absolute atomic E-state index is 12.2. The van der Waals surface area contributed by atoms with E-state index in [0.29, 0.717) is 29.8 Å². The molecule has 134 valence electrons. The number of hydrogen-bond acceptors (Lipinski definition) is 7. The van der Waals surface area contributed by atoms with Gasteiger partial charge in [-0.05, 0) is 25.0 Å². The Morgan fingerprint density at radius 2 is 2.32 bits per heavy atom. The van der Waals surface area contributed by atoms with Gasteiger partial charge in [-0.25, -0.2) is 0 Å². The predicted octanol–water partition coefficient (Wildman–Crippen LogP) is 3.01. The molecule has 2 aromatic rings. The van der Waals surface area contributed by atoms with Crippen LogP contribution in [0.2, 0.25) is 0 Å². The summed E-state index contributed by atoms with van der Waals surface area (Å²) in [5, 5.41) is 3.85. The molecule has 4 rings (SSSR count). The van der Waals surface area contributed by atoms with E-state index in [1.165, 1.54) is 0 Å². The standard InChI is InChI=1S/C18H22N2O5/c1-18(2)15-11(5-3-10-23-15)16(18)24-14(21)8-7-13-19-17(20-25-13)12-6-4-9-22-12/h4,6,9,11,15-16H,3,5,7-8,10H2,1-2H3. The Kier molecular flexibility index (Phi) is 4.11.